The van der Waals surface area contributed by atoms with Gasteiger partial charge >= 0.3 is 0 Å². The van der Waals surface area contributed by atoms with Crippen molar-refractivity contribution in [2.24, 2.45) is 0 Å². The van der Waals surface area contributed by atoms with E-state index in [1.165, 1.54) is 0 Å². The minimum atomic E-state index is -0.0413. The van der Waals surface area contributed by atoms with E-state index < -0.39 is 0 Å². The molecular formula is C20H25N3O. The van der Waals surface area contributed by atoms with Crippen molar-refractivity contribution in [3.8, 4) is 11.1 Å². The topological polar surface area (TPSA) is 57.8 Å². The van der Waals surface area contributed by atoms with Crippen LogP contribution in [0.5, 0.6) is 0 Å². The first-order valence-electron chi connectivity index (χ1n) is 8.44. The smallest absolute Gasteiger partial charge is 0.251 e. The van der Waals surface area contributed by atoms with Crippen LogP contribution < -0.4 is 5.32 Å². The molecule has 3 rings (SSSR count). The number of amides is 1. The maximum Gasteiger partial charge on any atom is 0.251 e. The number of nitrogens with one attached hydrogen (secondary N) is 2. The summed E-state index contributed by atoms with van der Waals surface area (Å²) in [5, 5.41) is 11.3. The van der Waals surface area contributed by atoms with Gasteiger partial charge < -0.3 is 5.32 Å². The lowest BCUT2D eigenvalue weighted by atomic mass is 9.97. The number of nitrogens with zero attached hydrogens (tertiary/aromatic N) is 1. The van der Waals surface area contributed by atoms with Gasteiger partial charge in [-0.05, 0) is 55.7 Å². The Morgan fingerprint density at radius 1 is 1.12 bits per heavy atom. The lowest BCUT2D eigenvalue weighted by molar-refractivity contribution is 0.0956. The number of aromatic amines is 1. The van der Waals surface area contributed by atoms with Crippen molar-refractivity contribution in [2.45, 2.75) is 34.6 Å². The van der Waals surface area contributed by atoms with Crippen LogP contribution in [-0.2, 0) is 0 Å². The van der Waals surface area contributed by atoms with E-state index in [-0.39, 0.29) is 5.91 Å². The second kappa shape index (κ2) is 7.77. The van der Waals surface area contributed by atoms with E-state index in [1.807, 2.05) is 45.9 Å². The molecule has 0 aliphatic carbocycles. The van der Waals surface area contributed by atoms with Crippen molar-refractivity contribution in [2.75, 3.05) is 6.54 Å². The Balaban J connectivity index is 0.00000100. The van der Waals surface area contributed by atoms with Gasteiger partial charge in [-0.3, -0.25) is 9.89 Å². The van der Waals surface area contributed by atoms with E-state index >= 15 is 0 Å². The molecule has 0 aliphatic rings. The number of fused-ring (bicyclic) bond motifs is 1. The van der Waals surface area contributed by atoms with E-state index in [1.54, 1.807) is 0 Å². The minimum absolute atomic E-state index is 0.0413. The van der Waals surface area contributed by atoms with Gasteiger partial charge in [-0.2, -0.15) is 5.10 Å². The van der Waals surface area contributed by atoms with Crippen molar-refractivity contribution in [1.82, 2.24) is 15.5 Å². The summed E-state index contributed by atoms with van der Waals surface area (Å²) in [7, 11) is 0. The summed E-state index contributed by atoms with van der Waals surface area (Å²) in [6, 6.07) is 12.0. The zero-order valence-corrected chi connectivity index (χ0v) is 15.0. The molecule has 2 aromatic carbocycles. The first-order chi connectivity index (χ1) is 11.6. The highest BCUT2D eigenvalue weighted by Crippen LogP contribution is 2.28. The molecule has 0 saturated heterocycles. The third-order valence-electron chi connectivity index (χ3n) is 3.89. The second-order valence-electron chi connectivity index (χ2n) is 5.47. The van der Waals surface area contributed by atoms with Crippen LogP contribution in [-0.4, -0.2) is 22.6 Å². The molecule has 1 heterocycles. The second-order valence-corrected chi connectivity index (χ2v) is 5.47. The number of aryl methyl sites for hydroxylation is 2. The van der Waals surface area contributed by atoms with E-state index in [0.717, 1.165) is 33.3 Å². The van der Waals surface area contributed by atoms with Gasteiger partial charge in [0.1, 0.15) is 0 Å². The largest absolute Gasteiger partial charge is 0.352 e. The third kappa shape index (κ3) is 3.48. The van der Waals surface area contributed by atoms with Gasteiger partial charge in [0.05, 0.1) is 5.52 Å². The highest BCUT2D eigenvalue weighted by atomic mass is 16.1. The molecule has 2 N–H and O–H groups in total. The van der Waals surface area contributed by atoms with Gasteiger partial charge in [-0.15, -0.1) is 0 Å². The fourth-order valence-electron chi connectivity index (χ4n) is 2.65. The van der Waals surface area contributed by atoms with Gasteiger partial charge in [0.25, 0.3) is 5.91 Å². The van der Waals surface area contributed by atoms with Crippen LogP contribution in [0.2, 0.25) is 0 Å². The number of hydrogen-bond donors (Lipinski definition) is 2. The van der Waals surface area contributed by atoms with Crippen LogP contribution in [0.15, 0.2) is 36.4 Å². The van der Waals surface area contributed by atoms with Crippen LogP contribution in [0.4, 0.5) is 0 Å². The van der Waals surface area contributed by atoms with E-state index in [0.29, 0.717) is 12.1 Å². The minimum Gasteiger partial charge on any atom is -0.352 e. The summed E-state index contributed by atoms with van der Waals surface area (Å²) in [6.45, 7) is 10.6. The predicted octanol–water partition coefficient (Wildman–Crippen LogP) is 4.62. The lowest BCUT2D eigenvalue weighted by Gasteiger charge is -2.09. The molecule has 4 nitrogen and oxygen atoms in total. The van der Waals surface area contributed by atoms with Crippen molar-refractivity contribution in [3.05, 3.63) is 53.2 Å². The van der Waals surface area contributed by atoms with E-state index in [9.17, 15) is 4.79 Å². The number of H-pyrrole nitrogens is 1. The Morgan fingerprint density at radius 3 is 2.58 bits per heavy atom. The Labute approximate surface area is 143 Å². The molecule has 4 heteroatoms. The molecule has 0 radical (unpaired) electrons. The van der Waals surface area contributed by atoms with Crippen LogP contribution in [0.1, 0.15) is 42.4 Å². The summed E-state index contributed by atoms with van der Waals surface area (Å²) in [4.78, 5) is 12.0. The molecular weight excluding hydrogens is 298 g/mol. The lowest BCUT2D eigenvalue weighted by Crippen LogP contribution is -2.22. The van der Waals surface area contributed by atoms with Gasteiger partial charge in [0.15, 0.2) is 0 Å². The normalized spacial score (nSPS) is 10.2. The SMILES string of the molecule is CC.CCNC(=O)c1ccc(C)c(-c2ccc3c(C)[nH]nc3c2)c1. The zero-order chi connectivity index (χ0) is 17.7. The molecule has 0 atom stereocenters. The fraction of sp³-hybridized carbons (Fsp3) is 0.300. The van der Waals surface area contributed by atoms with E-state index in [4.69, 9.17) is 0 Å². The molecule has 0 aliphatic heterocycles. The van der Waals surface area contributed by atoms with Crippen LogP contribution in [0.25, 0.3) is 22.0 Å². The van der Waals surface area contributed by atoms with Crippen LogP contribution in [0.3, 0.4) is 0 Å². The third-order valence-corrected chi connectivity index (χ3v) is 3.89. The van der Waals surface area contributed by atoms with Gasteiger partial charge in [0, 0.05) is 23.2 Å². The number of aromatic nitrogens is 2. The Hall–Kier alpha value is -2.62. The quantitative estimate of drug-likeness (QED) is 0.738. The maximum absolute atomic E-state index is 12.0. The molecule has 0 spiro atoms. The standard InChI is InChI=1S/C18H19N3O.C2H6/c1-4-19-18(22)14-6-5-11(2)16(9-14)13-7-8-15-12(3)20-21-17(15)10-13;1-2/h5-10H,4H2,1-3H3,(H,19,22)(H,20,21);1-2H3. The molecule has 0 fully saturated rings. The summed E-state index contributed by atoms with van der Waals surface area (Å²) in [5.41, 5.74) is 5.96. The molecule has 0 saturated carbocycles. The number of carbonyl (C=O) groups excluding carboxylic acids is 1. The maximum atomic E-state index is 12.0. The number of hydrogen-bond acceptors (Lipinski definition) is 2. The Bertz CT molecular complexity index is 849. The summed E-state index contributed by atoms with van der Waals surface area (Å²) in [6.07, 6.45) is 0. The molecule has 0 bridgehead atoms. The van der Waals surface area contributed by atoms with E-state index in [2.05, 4.69) is 40.6 Å². The molecule has 3 aromatic rings. The monoisotopic (exact) mass is 323 g/mol. The van der Waals surface area contributed by atoms with Crippen molar-refractivity contribution in [3.63, 3.8) is 0 Å². The highest BCUT2D eigenvalue weighted by molar-refractivity contribution is 5.96. The summed E-state index contributed by atoms with van der Waals surface area (Å²) in [5.74, 6) is -0.0413. The number of benzene rings is 2. The fourth-order valence-corrected chi connectivity index (χ4v) is 2.65. The first kappa shape index (κ1) is 17.7. The molecule has 24 heavy (non-hydrogen) atoms. The van der Waals surface area contributed by atoms with Crippen molar-refractivity contribution < 1.29 is 4.79 Å². The highest BCUT2D eigenvalue weighted by Gasteiger charge is 2.10. The van der Waals surface area contributed by atoms with Gasteiger partial charge in [0.2, 0.25) is 0 Å². The van der Waals surface area contributed by atoms with Crippen LogP contribution >= 0.6 is 0 Å². The predicted molar refractivity (Wildman–Crippen MR) is 100 cm³/mol. The summed E-state index contributed by atoms with van der Waals surface area (Å²) < 4.78 is 0. The Kier molecular flexibility index (Phi) is 5.74. The first-order valence-corrected chi connectivity index (χ1v) is 8.44. The van der Waals surface area contributed by atoms with Crippen molar-refractivity contribution in [1.29, 1.82) is 0 Å². The number of rotatable bonds is 3. The molecule has 1 aromatic heterocycles. The molecule has 0 unspecified atom stereocenters. The molecule has 1 amide bonds. The van der Waals surface area contributed by atoms with Gasteiger partial charge in [-0.25, -0.2) is 0 Å². The summed E-state index contributed by atoms with van der Waals surface area (Å²) >= 11 is 0. The average molecular weight is 323 g/mol. The zero-order valence-electron chi connectivity index (χ0n) is 15.0. The van der Waals surface area contributed by atoms with Crippen LogP contribution in [0, 0.1) is 13.8 Å². The molecule has 126 valence electrons. The Morgan fingerprint density at radius 2 is 1.88 bits per heavy atom. The van der Waals surface area contributed by atoms with Crippen molar-refractivity contribution >= 4 is 16.8 Å². The number of carbonyl (C=O) groups is 1. The average Bonchev–Trinajstić information content (AvgIpc) is 2.98. The van der Waals surface area contributed by atoms with Gasteiger partial charge in [-0.1, -0.05) is 32.0 Å².